The van der Waals surface area contributed by atoms with E-state index in [2.05, 4.69) is 12.2 Å². The summed E-state index contributed by atoms with van der Waals surface area (Å²) in [6.07, 6.45) is -4.48. The van der Waals surface area contributed by atoms with E-state index in [0.717, 1.165) is 11.1 Å². The lowest BCUT2D eigenvalue weighted by Crippen LogP contribution is -2.38. The van der Waals surface area contributed by atoms with Crippen molar-refractivity contribution < 1.29 is 17.9 Å². The van der Waals surface area contributed by atoms with Crippen LogP contribution in [0.4, 0.5) is 13.2 Å². The Morgan fingerprint density at radius 2 is 2.00 bits per heavy atom. The average molecular weight is 277 g/mol. The van der Waals surface area contributed by atoms with E-state index in [1.54, 1.807) is 19.1 Å². The summed E-state index contributed by atoms with van der Waals surface area (Å²) in [6.45, 7) is 3.07. The van der Waals surface area contributed by atoms with Crippen molar-refractivity contribution in [3.05, 3.63) is 29.3 Å². The van der Waals surface area contributed by atoms with E-state index in [4.69, 9.17) is 10.5 Å². The van der Waals surface area contributed by atoms with Gasteiger partial charge in [-0.05, 0) is 25.5 Å². The molecule has 0 aliphatic heterocycles. The van der Waals surface area contributed by atoms with Crippen molar-refractivity contribution in [3.8, 4) is 5.75 Å². The SMILES string of the molecule is Cc1ccc(OCC(C(N)=S)C(F)(F)F)c(C)c1. The maximum atomic E-state index is 12.6. The topological polar surface area (TPSA) is 35.2 Å². The van der Waals surface area contributed by atoms with E-state index >= 15 is 0 Å². The third kappa shape index (κ3) is 3.87. The van der Waals surface area contributed by atoms with Crippen molar-refractivity contribution in [1.29, 1.82) is 0 Å². The highest BCUT2D eigenvalue weighted by molar-refractivity contribution is 7.80. The summed E-state index contributed by atoms with van der Waals surface area (Å²) in [7, 11) is 0. The minimum atomic E-state index is -4.48. The van der Waals surface area contributed by atoms with Gasteiger partial charge < -0.3 is 10.5 Å². The van der Waals surface area contributed by atoms with Crippen LogP contribution < -0.4 is 10.5 Å². The largest absolute Gasteiger partial charge is 0.492 e. The Balaban J connectivity index is 2.77. The van der Waals surface area contributed by atoms with Crippen LogP contribution in [0.25, 0.3) is 0 Å². The zero-order chi connectivity index (χ0) is 13.9. The summed E-state index contributed by atoms with van der Waals surface area (Å²) in [4.78, 5) is -0.604. The second-order valence-corrected chi connectivity index (χ2v) is 4.55. The van der Waals surface area contributed by atoms with Crippen LogP contribution >= 0.6 is 12.2 Å². The molecule has 1 unspecified atom stereocenters. The van der Waals surface area contributed by atoms with Crippen molar-refractivity contribution in [3.63, 3.8) is 0 Å². The van der Waals surface area contributed by atoms with Gasteiger partial charge in [0.1, 0.15) is 18.3 Å². The van der Waals surface area contributed by atoms with Gasteiger partial charge in [-0.25, -0.2) is 0 Å². The molecule has 0 heterocycles. The predicted molar refractivity (Wildman–Crippen MR) is 67.7 cm³/mol. The summed E-state index contributed by atoms with van der Waals surface area (Å²) < 4.78 is 42.9. The smallest absolute Gasteiger partial charge is 0.401 e. The molecular weight excluding hydrogens is 263 g/mol. The van der Waals surface area contributed by atoms with Crippen LogP contribution in [0, 0.1) is 19.8 Å². The molecule has 18 heavy (non-hydrogen) atoms. The Kier molecular flexibility index (Phi) is 4.56. The molecule has 0 bridgehead atoms. The maximum absolute atomic E-state index is 12.6. The molecular formula is C12H14F3NOS. The number of rotatable bonds is 4. The molecule has 1 rings (SSSR count). The van der Waals surface area contributed by atoms with Gasteiger partial charge in [0, 0.05) is 0 Å². The standard InChI is InChI=1S/C12H14F3NOS/c1-7-3-4-10(8(2)5-7)17-6-9(11(16)18)12(13,14)15/h3-5,9H,6H2,1-2H3,(H2,16,18). The van der Waals surface area contributed by atoms with Gasteiger partial charge >= 0.3 is 6.18 Å². The van der Waals surface area contributed by atoms with Crippen LogP contribution in [0.3, 0.4) is 0 Å². The third-order valence-corrected chi connectivity index (χ3v) is 2.76. The normalized spacial score (nSPS) is 13.2. The summed E-state index contributed by atoms with van der Waals surface area (Å²) in [6, 6.07) is 5.24. The van der Waals surface area contributed by atoms with E-state index in [1.165, 1.54) is 0 Å². The minimum absolute atomic E-state index is 0.408. The first kappa shape index (κ1) is 14.8. The maximum Gasteiger partial charge on any atom is 0.401 e. The van der Waals surface area contributed by atoms with E-state index in [-0.39, 0.29) is 0 Å². The minimum Gasteiger partial charge on any atom is -0.492 e. The van der Waals surface area contributed by atoms with E-state index in [1.807, 2.05) is 13.0 Å². The Bertz CT molecular complexity index is 445. The van der Waals surface area contributed by atoms with Crippen molar-refractivity contribution in [1.82, 2.24) is 0 Å². The summed E-state index contributed by atoms with van der Waals surface area (Å²) in [5.74, 6) is -1.51. The fraction of sp³-hybridized carbons (Fsp3) is 0.417. The van der Waals surface area contributed by atoms with Gasteiger partial charge in [0.05, 0.1) is 4.99 Å². The molecule has 0 saturated heterocycles. The van der Waals surface area contributed by atoms with E-state index in [0.29, 0.717) is 5.75 Å². The monoisotopic (exact) mass is 277 g/mol. The Morgan fingerprint density at radius 1 is 1.39 bits per heavy atom. The molecule has 0 spiro atoms. The predicted octanol–water partition coefficient (Wildman–Crippen LogP) is 3.15. The van der Waals surface area contributed by atoms with Gasteiger partial charge in [-0.2, -0.15) is 13.2 Å². The van der Waals surface area contributed by atoms with Gasteiger partial charge in [-0.15, -0.1) is 0 Å². The first-order valence-corrected chi connectivity index (χ1v) is 5.68. The fourth-order valence-electron chi connectivity index (χ4n) is 1.47. The van der Waals surface area contributed by atoms with Gasteiger partial charge in [-0.1, -0.05) is 29.9 Å². The number of aryl methyl sites for hydroxylation is 2. The Hall–Kier alpha value is -1.30. The quantitative estimate of drug-likeness (QED) is 0.859. The van der Waals surface area contributed by atoms with Crippen LogP contribution in [0.15, 0.2) is 18.2 Å². The number of benzene rings is 1. The lowest BCUT2D eigenvalue weighted by molar-refractivity contribution is -0.161. The van der Waals surface area contributed by atoms with Crippen LogP contribution in [-0.4, -0.2) is 17.8 Å². The Labute approximate surface area is 109 Å². The molecule has 0 aliphatic carbocycles. The molecule has 0 aromatic heterocycles. The van der Waals surface area contributed by atoms with Gasteiger partial charge in [-0.3, -0.25) is 0 Å². The second-order valence-electron chi connectivity index (χ2n) is 4.08. The number of thiocarbonyl (C=S) groups is 1. The zero-order valence-corrected chi connectivity index (χ0v) is 10.9. The van der Waals surface area contributed by atoms with Crippen LogP contribution in [0.5, 0.6) is 5.75 Å². The number of halogens is 3. The molecule has 6 heteroatoms. The highest BCUT2D eigenvalue weighted by atomic mass is 32.1. The molecule has 2 N–H and O–H groups in total. The third-order valence-electron chi connectivity index (χ3n) is 2.47. The summed E-state index contributed by atoms with van der Waals surface area (Å²) in [5, 5.41) is 0. The number of nitrogens with two attached hydrogens (primary N) is 1. The van der Waals surface area contributed by atoms with Gasteiger partial charge in [0.15, 0.2) is 0 Å². The highest BCUT2D eigenvalue weighted by Gasteiger charge is 2.42. The lowest BCUT2D eigenvalue weighted by Gasteiger charge is -2.20. The number of ether oxygens (including phenoxy) is 1. The first-order chi connectivity index (χ1) is 8.21. The van der Waals surface area contributed by atoms with Gasteiger partial charge in [0.2, 0.25) is 0 Å². The number of hydrogen-bond acceptors (Lipinski definition) is 2. The molecule has 1 aromatic carbocycles. The lowest BCUT2D eigenvalue weighted by atomic mass is 10.1. The Morgan fingerprint density at radius 3 is 2.44 bits per heavy atom. The molecule has 1 aromatic rings. The first-order valence-electron chi connectivity index (χ1n) is 5.28. The molecule has 100 valence electrons. The van der Waals surface area contributed by atoms with E-state index < -0.39 is 23.7 Å². The molecule has 2 nitrogen and oxygen atoms in total. The molecule has 0 radical (unpaired) electrons. The van der Waals surface area contributed by atoms with Crippen molar-refractivity contribution in [2.75, 3.05) is 6.61 Å². The molecule has 0 aliphatic rings. The molecule has 0 saturated carbocycles. The zero-order valence-electron chi connectivity index (χ0n) is 10.0. The molecule has 1 atom stereocenters. The van der Waals surface area contributed by atoms with Crippen molar-refractivity contribution in [2.45, 2.75) is 20.0 Å². The summed E-state index contributed by atoms with van der Waals surface area (Å²) in [5.41, 5.74) is 6.87. The van der Waals surface area contributed by atoms with Crippen LogP contribution in [0.1, 0.15) is 11.1 Å². The summed E-state index contributed by atoms with van der Waals surface area (Å²) >= 11 is 4.41. The van der Waals surface area contributed by atoms with Gasteiger partial charge in [0.25, 0.3) is 0 Å². The highest BCUT2D eigenvalue weighted by Crippen LogP contribution is 2.28. The van der Waals surface area contributed by atoms with E-state index in [9.17, 15) is 13.2 Å². The van der Waals surface area contributed by atoms with Crippen molar-refractivity contribution >= 4 is 17.2 Å². The average Bonchev–Trinajstić information content (AvgIpc) is 2.18. The molecule has 0 amide bonds. The second kappa shape index (κ2) is 5.56. The number of alkyl halides is 3. The van der Waals surface area contributed by atoms with Crippen LogP contribution in [-0.2, 0) is 0 Å². The van der Waals surface area contributed by atoms with Crippen LogP contribution in [0.2, 0.25) is 0 Å². The number of hydrogen-bond donors (Lipinski definition) is 1. The van der Waals surface area contributed by atoms with Crippen molar-refractivity contribution in [2.24, 2.45) is 11.7 Å². The fourth-order valence-corrected chi connectivity index (χ4v) is 1.67. The molecule has 0 fully saturated rings.